The highest BCUT2D eigenvalue weighted by Crippen LogP contribution is 2.27. The van der Waals surface area contributed by atoms with E-state index in [-0.39, 0.29) is 16.9 Å². The Bertz CT molecular complexity index is 654. The van der Waals surface area contributed by atoms with Gasteiger partial charge in [0.15, 0.2) is 0 Å². The van der Waals surface area contributed by atoms with Crippen molar-refractivity contribution in [3.63, 3.8) is 0 Å². The van der Waals surface area contributed by atoms with Gasteiger partial charge in [0.25, 0.3) is 0 Å². The fourth-order valence-corrected chi connectivity index (χ4v) is 2.07. The van der Waals surface area contributed by atoms with Gasteiger partial charge in [-0.3, -0.25) is 0 Å². The van der Waals surface area contributed by atoms with Crippen LogP contribution in [0.2, 0.25) is 5.02 Å². The molecule has 0 N–H and O–H groups in total. The molecule has 1 aromatic rings. The van der Waals surface area contributed by atoms with E-state index in [2.05, 4.69) is 0 Å². The van der Waals surface area contributed by atoms with Crippen LogP contribution in [0.4, 0.5) is 0 Å². The summed E-state index contributed by atoms with van der Waals surface area (Å²) in [6.45, 7) is 2.12. The Morgan fingerprint density at radius 1 is 1.38 bits per heavy atom. The molecular formula is C16H13ClO4. The van der Waals surface area contributed by atoms with Crippen molar-refractivity contribution in [2.24, 2.45) is 0 Å². The van der Waals surface area contributed by atoms with Crippen molar-refractivity contribution >= 4 is 23.5 Å². The smallest absolute Gasteiger partial charge is 0.342 e. The zero-order valence-corrected chi connectivity index (χ0v) is 12.1. The molecule has 1 aliphatic rings. The van der Waals surface area contributed by atoms with Gasteiger partial charge in [-0.15, -0.1) is 0 Å². The number of rotatable bonds is 4. The lowest BCUT2D eigenvalue weighted by Crippen LogP contribution is -2.28. The number of para-hydroxylation sites is 1. The first kappa shape index (κ1) is 15.3. The van der Waals surface area contributed by atoms with Crippen molar-refractivity contribution < 1.29 is 19.1 Å². The molecule has 0 spiro atoms. The fraction of sp³-hybridized carbons (Fsp3) is 0.188. The molecule has 1 aliphatic carbocycles. The molecule has 0 bridgehead atoms. The van der Waals surface area contributed by atoms with Gasteiger partial charge >= 0.3 is 5.97 Å². The zero-order valence-electron chi connectivity index (χ0n) is 11.3. The third-order valence-corrected chi connectivity index (χ3v) is 3.15. The number of hydrogen-bond donors (Lipinski definition) is 0. The molecule has 2 rings (SSSR count). The maximum Gasteiger partial charge on any atom is 0.342 e. The van der Waals surface area contributed by atoms with E-state index in [0.717, 1.165) is 0 Å². The summed E-state index contributed by atoms with van der Waals surface area (Å²) in [5, 5.41) is 0.330. The Balaban J connectivity index is 2.25. The first-order valence-electron chi connectivity index (χ1n) is 6.39. The van der Waals surface area contributed by atoms with Crippen molar-refractivity contribution in [3.05, 3.63) is 58.7 Å². The molecule has 0 fully saturated rings. The molecule has 0 saturated heterocycles. The first-order valence-corrected chi connectivity index (χ1v) is 6.76. The average molecular weight is 305 g/mol. The normalized spacial score (nSPS) is 17.1. The number of allylic oxidation sites excluding steroid dienone is 2. The van der Waals surface area contributed by atoms with Gasteiger partial charge < -0.3 is 9.47 Å². The highest BCUT2D eigenvalue weighted by molar-refractivity contribution is 6.32. The topological polar surface area (TPSA) is 52.6 Å². The van der Waals surface area contributed by atoms with Crippen molar-refractivity contribution in [2.75, 3.05) is 6.61 Å². The predicted molar refractivity (Wildman–Crippen MR) is 78.9 cm³/mol. The lowest BCUT2D eigenvalue weighted by Gasteiger charge is -2.20. The Morgan fingerprint density at radius 3 is 2.81 bits per heavy atom. The molecule has 21 heavy (non-hydrogen) atoms. The minimum atomic E-state index is -0.771. The molecule has 1 aromatic carbocycles. The minimum Gasteiger partial charge on any atom is -0.421 e. The van der Waals surface area contributed by atoms with Gasteiger partial charge in [0.05, 0.1) is 16.2 Å². The summed E-state index contributed by atoms with van der Waals surface area (Å²) in [7, 11) is 0. The number of esters is 1. The Hall–Kier alpha value is -2.13. The second kappa shape index (κ2) is 7.04. The van der Waals surface area contributed by atoms with Crippen LogP contribution in [0.5, 0.6) is 5.75 Å². The standard InChI is InChI=1S/C16H13ClO4/c1-2-20-15-11(10-18)6-5-7-12(15)16(19)21-14-9-4-3-8-13(14)17/h3-9,15H,2H2,1H3. The van der Waals surface area contributed by atoms with Crippen molar-refractivity contribution in [1.29, 1.82) is 0 Å². The monoisotopic (exact) mass is 304 g/mol. The molecule has 0 saturated carbocycles. The minimum absolute atomic E-state index is 0.234. The van der Waals surface area contributed by atoms with E-state index in [1.54, 1.807) is 55.4 Å². The molecule has 4 nitrogen and oxygen atoms in total. The summed E-state index contributed by atoms with van der Waals surface area (Å²) in [4.78, 5) is 23.2. The molecule has 5 heteroatoms. The number of ether oxygens (including phenoxy) is 2. The first-order chi connectivity index (χ1) is 10.2. The van der Waals surface area contributed by atoms with Gasteiger partial charge in [-0.2, -0.15) is 0 Å². The summed E-state index contributed by atoms with van der Waals surface area (Å²) in [6, 6.07) is 6.65. The van der Waals surface area contributed by atoms with Crippen LogP contribution < -0.4 is 4.74 Å². The highest BCUT2D eigenvalue weighted by Gasteiger charge is 2.28. The molecule has 0 amide bonds. The molecule has 108 valence electrons. The Labute approximate surface area is 127 Å². The van der Waals surface area contributed by atoms with E-state index < -0.39 is 12.1 Å². The van der Waals surface area contributed by atoms with Crippen LogP contribution in [0.1, 0.15) is 6.92 Å². The fourth-order valence-electron chi connectivity index (χ4n) is 1.89. The highest BCUT2D eigenvalue weighted by atomic mass is 35.5. The zero-order chi connectivity index (χ0) is 15.2. The quantitative estimate of drug-likeness (QED) is 0.487. The van der Waals surface area contributed by atoms with Crippen LogP contribution in [0, 0.1) is 0 Å². The average Bonchev–Trinajstić information content (AvgIpc) is 2.50. The maximum absolute atomic E-state index is 12.3. The van der Waals surface area contributed by atoms with Crippen LogP contribution in [-0.4, -0.2) is 24.6 Å². The summed E-state index contributed by atoms with van der Waals surface area (Å²) >= 11 is 5.95. The molecule has 0 aliphatic heterocycles. The summed E-state index contributed by atoms with van der Waals surface area (Å²) in [5.41, 5.74) is 0.489. The lowest BCUT2D eigenvalue weighted by atomic mass is 9.97. The number of hydrogen-bond acceptors (Lipinski definition) is 4. The van der Waals surface area contributed by atoms with E-state index in [4.69, 9.17) is 21.1 Å². The number of carbonyl (C=O) groups excluding carboxylic acids is 2. The summed E-state index contributed by atoms with van der Waals surface area (Å²) < 4.78 is 10.7. The van der Waals surface area contributed by atoms with E-state index in [9.17, 15) is 9.59 Å². The molecule has 0 heterocycles. The van der Waals surface area contributed by atoms with Crippen LogP contribution in [0.3, 0.4) is 0 Å². The number of carbonyl (C=O) groups is 1. The lowest BCUT2D eigenvalue weighted by molar-refractivity contribution is -0.131. The number of halogens is 1. The van der Waals surface area contributed by atoms with Gasteiger partial charge in [-0.25, -0.2) is 9.59 Å². The van der Waals surface area contributed by atoms with E-state index in [1.165, 1.54) is 0 Å². The van der Waals surface area contributed by atoms with Gasteiger partial charge in [0, 0.05) is 6.61 Å². The SMILES string of the molecule is CCOC1C(=C=O)C=CC=C1C(=O)Oc1ccccc1Cl. The van der Waals surface area contributed by atoms with Crippen LogP contribution in [0.25, 0.3) is 0 Å². The second-order valence-electron chi connectivity index (χ2n) is 4.19. The van der Waals surface area contributed by atoms with Gasteiger partial charge in [-0.1, -0.05) is 29.8 Å². The molecular weight excluding hydrogens is 292 g/mol. The molecule has 1 atom stereocenters. The second-order valence-corrected chi connectivity index (χ2v) is 4.60. The predicted octanol–water partition coefficient (Wildman–Crippen LogP) is 2.90. The van der Waals surface area contributed by atoms with Crippen molar-refractivity contribution in [2.45, 2.75) is 13.0 Å². The maximum atomic E-state index is 12.3. The Morgan fingerprint density at radius 2 is 2.14 bits per heavy atom. The van der Waals surface area contributed by atoms with Crippen LogP contribution in [0.15, 0.2) is 53.6 Å². The van der Waals surface area contributed by atoms with Crippen molar-refractivity contribution in [3.8, 4) is 5.75 Å². The van der Waals surface area contributed by atoms with Crippen LogP contribution in [-0.2, 0) is 14.3 Å². The van der Waals surface area contributed by atoms with Gasteiger partial charge in [-0.05, 0) is 31.2 Å². The van der Waals surface area contributed by atoms with Gasteiger partial charge in [0.1, 0.15) is 17.8 Å². The van der Waals surface area contributed by atoms with Crippen LogP contribution >= 0.6 is 11.6 Å². The molecule has 1 unspecified atom stereocenters. The number of benzene rings is 1. The van der Waals surface area contributed by atoms with Gasteiger partial charge in [0.2, 0.25) is 0 Å². The summed E-state index contributed by atoms with van der Waals surface area (Å²) in [6.07, 6.45) is 3.92. The third kappa shape index (κ3) is 3.50. The summed E-state index contributed by atoms with van der Waals surface area (Å²) in [5.74, 6) is 1.42. The third-order valence-electron chi connectivity index (χ3n) is 2.84. The van der Waals surface area contributed by atoms with E-state index in [0.29, 0.717) is 11.6 Å². The molecule has 0 aromatic heterocycles. The Kier molecular flexibility index (Phi) is 5.12. The molecule has 0 radical (unpaired) electrons. The van der Waals surface area contributed by atoms with Crippen molar-refractivity contribution in [1.82, 2.24) is 0 Å². The largest absolute Gasteiger partial charge is 0.421 e. The van der Waals surface area contributed by atoms with E-state index in [1.807, 2.05) is 0 Å². The van der Waals surface area contributed by atoms with E-state index >= 15 is 0 Å².